The molecule has 1 heterocycles. The van der Waals surface area contributed by atoms with Crippen molar-refractivity contribution in [3.8, 4) is 5.75 Å². The number of nitrogens with zero attached hydrogens (tertiary/aromatic N) is 2. The number of rotatable bonds is 7. The summed E-state index contributed by atoms with van der Waals surface area (Å²) < 4.78 is 33.3. The Balaban J connectivity index is 2.31. The first kappa shape index (κ1) is 22.3. The molecular formula is C19H27N3O4S2. The van der Waals surface area contributed by atoms with E-state index in [1.54, 1.807) is 45.2 Å². The van der Waals surface area contributed by atoms with E-state index < -0.39 is 15.6 Å². The van der Waals surface area contributed by atoms with Crippen LogP contribution in [0.25, 0.3) is 0 Å². The van der Waals surface area contributed by atoms with E-state index in [1.165, 1.54) is 24.1 Å². The first-order valence-corrected chi connectivity index (χ1v) is 11.2. The third kappa shape index (κ3) is 5.52. The van der Waals surface area contributed by atoms with Crippen LogP contribution in [0.5, 0.6) is 5.75 Å². The lowest BCUT2D eigenvalue weighted by molar-refractivity contribution is 0.0783. The van der Waals surface area contributed by atoms with Crippen molar-refractivity contribution in [1.29, 1.82) is 0 Å². The molecule has 1 N–H and O–H groups in total. The summed E-state index contributed by atoms with van der Waals surface area (Å²) in [6.07, 6.45) is 0.850. The topological polar surface area (TPSA) is 88.6 Å². The van der Waals surface area contributed by atoms with Gasteiger partial charge in [0.15, 0.2) is 0 Å². The van der Waals surface area contributed by atoms with Gasteiger partial charge in [0.25, 0.3) is 5.91 Å². The van der Waals surface area contributed by atoms with Crippen LogP contribution in [0, 0.1) is 0 Å². The molecule has 0 aliphatic rings. The molecule has 9 heteroatoms. The van der Waals surface area contributed by atoms with E-state index in [1.807, 2.05) is 12.3 Å². The monoisotopic (exact) mass is 425 g/mol. The largest absolute Gasteiger partial charge is 0.495 e. The van der Waals surface area contributed by atoms with E-state index in [4.69, 9.17) is 4.74 Å². The summed E-state index contributed by atoms with van der Waals surface area (Å²) in [5.74, 6) is -0.107. The number of carbonyl (C=O) groups excluding carboxylic acids is 1. The molecule has 0 bridgehead atoms. The van der Waals surface area contributed by atoms with E-state index >= 15 is 0 Å². The van der Waals surface area contributed by atoms with E-state index in [0.29, 0.717) is 6.54 Å². The van der Waals surface area contributed by atoms with E-state index in [0.717, 1.165) is 17.1 Å². The summed E-state index contributed by atoms with van der Waals surface area (Å²) in [6.45, 7) is 7.63. The number of thiazole rings is 1. The van der Waals surface area contributed by atoms with Crippen LogP contribution in [0.3, 0.4) is 0 Å². The van der Waals surface area contributed by atoms with Crippen LogP contribution in [0.1, 0.15) is 48.8 Å². The number of hydrogen-bond donors (Lipinski definition) is 1. The summed E-state index contributed by atoms with van der Waals surface area (Å²) in [5, 5.41) is 2.95. The summed E-state index contributed by atoms with van der Waals surface area (Å²) >= 11 is 1.56. The summed E-state index contributed by atoms with van der Waals surface area (Å²) in [5.41, 5.74) is 0.416. The molecule has 2 rings (SSSR count). The van der Waals surface area contributed by atoms with E-state index in [2.05, 4.69) is 9.71 Å². The van der Waals surface area contributed by atoms with Crippen LogP contribution in [0.2, 0.25) is 0 Å². The second-order valence-corrected chi connectivity index (χ2v) is 10.1. The zero-order valence-electron chi connectivity index (χ0n) is 17.1. The predicted octanol–water partition coefficient (Wildman–Crippen LogP) is 3.06. The first-order chi connectivity index (χ1) is 13.0. The number of benzene rings is 1. The Kier molecular flexibility index (Phi) is 6.84. The second-order valence-electron chi connectivity index (χ2n) is 7.47. The van der Waals surface area contributed by atoms with Crippen LogP contribution in [0.4, 0.5) is 0 Å². The van der Waals surface area contributed by atoms with E-state index in [-0.39, 0.29) is 22.1 Å². The zero-order chi connectivity index (χ0) is 21.1. The normalized spacial score (nSPS) is 12.1. The molecule has 0 saturated carbocycles. The average Bonchev–Trinajstić information content (AvgIpc) is 3.06. The highest BCUT2D eigenvalue weighted by Gasteiger charge is 2.27. The van der Waals surface area contributed by atoms with Crippen molar-refractivity contribution in [2.45, 2.75) is 51.1 Å². The van der Waals surface area contributed by atoms with Crippen molar-refractivity contribution in [3.05, 3.63) is 39.8 Å². The summed E-state index contributed by atoms with van der Waals surface area (Å²) in [7, 11) is -0.797. The van der Waals surface area contributed by atoms with Crippen molar-refractivity contribution in [2.75, 3.05) is 14.2 Å². The lowest BCUT2D eigenvalue weighted by Gasteiger charge is -2.22. The molecule has 0 fully saturated rings. The van der Waals surface area contributed by atoms with Crippen molar-refractivity contribution in [3.63, 3.8) is 0 Å². The SMILES string of the molecule is CCc1nc(CN(C)C(=O)c2ccc(OC)c(S(=O)(=O)NC(C)(C)C)c2)cs1. The first-order valence-electron chi connectivity index (χ1n) is 8.87. The molecule has 0 unspecified atom stereocenters. The quantitative estimate of drug-likeness (QED) is 0.736. The molecule has 0 spiro atoms. The van der Waals surface area contributed by atoms with Gasteiger partial charge < -0.3 is 9.64 Å². The molecule has 28 heavy (non-hydrogen) atoms. The molecule has 1 aromatic carbocycles. The highest BCUT2D eigenvalue weighted by atomic mass is 32.2. The Morgan fingerprint density at radius 2 is 2.00 bits per heavy atom. The van der Waals surface area contributed by atoms with Gasteiger partial charge in [0.1, 0.15) is 10.6 Å². The van der Waals surface area contributed by atoms with Gasteiger partial charge in [-0.05, 0) is 45.4 Å². The van der Waals surface area contributed by atoms with Crippen LogP contribution in [-0.2, 0) is 23.0 Å². The molecule has 0 atom stereocenters. The highest BCUT2D eigenvalue weighted by molar-refractivity contribution is 7.89. The number of nitrogens with one attached hydrogen (secondary N) is 1. The molecule has 7 nitrogen and oxygen atoms in total. The maximum atomic E-state index is 12.8. The van der Waals surface area contributed by atoms with Gasteiger partial charge in [-0.3, -0.25) is 4.79 Å². The molecule has 154 valence electrons. The fourth-order valence-electron chi connectivity index (χ4n) is 2.60. The van der Waals surface area contributed by atoms with Gasteiger partial charge in [-0.25, -0.2) is 18.1 Å². The molecule has 0 radical (unpaired) electrons. The summed E-state index contributed by atoms with van der Waals surface area (Å²) in [6, 6.07) is 4.41. The number of hydrogen-bond acceptors (Lipinski definition) is 6. The fourth-order valence-corrected chi connectivity index (χ4v) is 4.95. The number of ether oxygens (including phenoxy) is 1. The van der Waals surface area contributed by atoms with Crippen molar-refractivity contribution in [1.82, 2.24) is 14.6 Å². The molecular weight excluding hydrogens is 398 g/mol. The molecule has 0 aliphatic heterocycles. The van der Waals surface area contributed by atoms with Crippen molar-refractivity contribution >= 4 is 27.3 Å². The second kappa shape index (κ2) is 8.59. The van der Waals surface area contributed by atoms with Crippen LogP contribution in [-0.4, -0.2) is 43.9 Å². The minimum Gasteiger partial charge on any atom is -0.495 e. The van der Waals surface area contributed by atoms with Gasteiger partial charge in [0.2, 0.25) is 10.0 Å². The molecule has 0 aliphatic carbocycles. The van der Waals surface area contributed by atoms with E-state index in [9.17, 15) is 13.2 Å². The van der Waals surface area contributed by atoms with Gasteiger partial charge in [-0.1, -0.05) is 6.92 Å². The van der Waals surface area contributed by atoms with Crippen LogP contribution in [0.15, 0.2) is 28.5 Å². The number of carbonyl (C=O) groups is 1. The Morgan fingerprint density at radius 1 is 1.32 bits per heavy atom. The molecule has 1 amide bonds. The maximum Gasteiger partial charge on any atom is 0.253 e. The third-order valence-electron chi connectivity index (χ3n) is 3.79. The van der Waals surface area contributed by atoms with Gasteiger partial charge >= 0.3 is 0 Å². The Labute approximate surface area is 170 Å². The standard InChI is InChI=1S/C19H27N3O4S2/c1-7-17-20-14(12-27-17)11-22(5)18(23)13-8-9-15(26-6)16(10-13)28(24,25)21-19(2,3)4/h8-10,12,21H,7,11H2,1-6H3. The smallest absolute Gasteiger partial charge is 0.253 e. The lowest BCUT2D eigenvalue weighted by Crippen LogP contribution is -2.40. The van der Waals surface area contributed by atoms with Crippen molar-refractivity contribution < 1.29 is 17.9 Å². The lowest BCUT2D eigenvalue weighted by atomic mass is 10.1. The van der Waals surface area contributed by atoms with Crippen LogP contribution >= 0.6 is 11.3 Å². The third-order valence-corrected chi connectivity index (χ3v) is 6.61. The molecule has 0 saturated heterocycles. The Morgan fingerprint density at radius 3 is 2.54 bits per heavy atom. The van der Waals surface area contributed by atoms with Gasteiger partial charge in [0, 0.05) is 23.5 Å². The Hall–Kier alpha value is -1.97. The number of amides is 1. The zero-order valence-corrected chi connectivity index (χ0v) is 18.7. The maximum absolute atomic E-state index is 12.8. The number of sulfonamides is 1. The van der Waals surface area contributed by atoms with Gasteiger partial charge in [0.05, 0.1) is 24.4 Å². The number of aromatic nitrogens is 1. The highest BCUT2D eigenvalue weighted by Crippen LogP contribution is 2.26. The molecule has 2 aromatic rings. The minimum absolute atomic E-state index is 0.0638. The predicted molar refractivity (Wildman–Crippen MR) is 110 cm³/mol. The van der Waals surface area contributed by atoms with Gasteiger partial charge in [-0.2, -0.15) is 0 Å². The Bertz CT molecular complexity index is 946. The molecule has 1 aromatic heterocycles. The van der Waals surface area contributed by atoms with Crippen LogP contribution < -0.4 is 9.46 Å². The average molecular weight is 426 g/mol. The number of methoxy groups -OCH3 is 1. The summed E-state index contributed by atoms with van der Waals surface area (Å²) in [4.78, 5) is 18.8. The van der Waals surface area contributed by atoms with Gasteiger partial charge in [-0.15, -0.1) is 11.3 Å². The van der Waals surface area contributed by atoms with Crippen molar-refractivity contribution in [2.24, 2.45) is 0 Å². The minimum atomic E-state index is -3.86. The number of aryl methyl sites for hydroxylation is 1. The fraction of sp³-hybridized carbons (Fsp3) is 0.474.